The SMILES string of the molecule is Cc1cn(-c2ccc(-c3cccc(C(C)(C)C(N)=O)c3)cc2-n2nncc2Cc2ccc(Cl)cc2)c(C)n1. The van der Waals surface area contributed by atoms with Crippen LogP contribution in [0, 0.1) is 13.8 Å². The molecular formula is C30H29ClN6O. The summed E-state index contributed by atoms with van der Waals surface area (Å²) in [4.78, 5) is 16.7. The van der Waals surface area contributed by atoms with Crippen molar-refractivity contribution in [3.63, 3.8) is 0 Å². The summed E-state index contributed by atoms with van der Waals surface area (Å²) >= 11 is 6.09. The number of amides is 1. The third-order valence-corrected chi connectivity index (χ3v) is 7.17. The minimum absolute atomic E-state index is 0.369. The second-order valence-corrected chi connectivity index (χ2v) is 10.4. The van der Waals surface area contributed by atoms with E-state index in [-0.39, 0.29) is 5.91 Å². The van der Waals surface area contributed by atoms with Crippen LogP contribution in [0.1, 0.15) is 42.2 Å². The first-order chi connectivity index (χ1) is 18.1. The summed E-state index contributed by atoms with van der Waals surface area (Å²) in [5.41, 5.74) is 12.5. The Morgan fingerprint density at radius 2 is 1.71 bits per heavy atom. The number of aromatic nitrogens is 5. The Labute approximate surface area is 226 Å². The van der Waals surface area contributed by atoms with Gasteiger partial charge in [0.15, 0.2) is 0 Å². The number of halogens is 1. The number of benzene rings is 3. The van der Waals surface area contributed by atoms with E-state index in [2.05, 4.69) is 38.1 Å². The van der Waals surface area contributed by atoms with E-state index in [1.165, 1.54) is 0 Å². The van der Waals surface area contributed by atoms with Crippen LogP contribution < -0.4 is 5.73 Å². The molecule has 0 saturated heterocycles. The molecule has 0 aliphatic rings. The first kappa shape index (κ1) is 25.4. The van der Waals surface area contributed by atoms with Crippen LogP contribution in [0.5, 0.6) is 0 Å². The Bertz CT molecular complexity index is 1630. The molecule has 0 saturated carbocycles. The molecule has 0 bridgehead atoms. The average molecular weight is 525 g/mol. The van der Waals surface area contributed by atoms with E-state index >= 15 is 0 Å². The summed E-state index contributed by atoms with van der Waals surface area (Å²) in [5, 5.41) is 9.43. The minimum Gasteiger partial charge on any atom is -0.369 e. The fraction of sp³-hybridized carbons (Fsp3) is 0.200. The molecule has 0 aliphatic carbocycles. The first-order valence-corrected chi connectivity index (χ1v) is 12.7. The topological polar surface area (TPSA) is 91.6 Å². The highest BCUT2D eigenvalue weighted by molar-refractivity contribution is 6.30. The van der Waals surface area contributed by atoms with Gasteiger partial charge in [0.1, 0.15) is 5.82 Å². The van der Waals surface area contributed by atoms with E-state index in [1.807, 2.05) is 87.1 Å². The second kappa shape index (κ2) is 9.91. The largest absolute Gasteiger partial charge is 0.369 e. The van der Waals surface area contributed by atoms with Crippen LogP contribution >= 0.6 is 11.6 Å². The molecule has 0 radical (unpaired) electrons. The van der Waals surface area contributed by atoms with E-state index in [0.29, 0.717) is 11.4 Å². The van der Waals surface area contributed by atoms with Crippen molar-refractivity contribution in [1.82, 2.24) is 24.5 Å². The Morgan fingerprint density at radius 1 is 0.974 bits per heavy atom. The van der Waals surface area contributed by atoms with Gasteiger partial charge in [-0.05, 0) is 74.2 Å². The second-order valence-electron chi connectivity index (χ2n) is 10.0. The van der Waals surface area contributed by atoms with Crippen molar-refractivity contribution in [1.29, 1.82) is 0 Å². The van der Waals surface area contributed by atoms with Gasteiger partial charge < -0.3 is 10.3 Å². The van der Waals surface area contributed by atoms with Gasteiger partial charge in [0, 0.05) is 17.6 Å². The lowest BCUT2D eigenvalue weighted by atomic mass is 9.82. The minimum atomic E-state index is -0.790. The van der Waals surface area contributed by atoms with Gasteiger partial charge >= 0.3 is 0 Å². The van der Waals surface area contributed by atoms with Crippen LogP contribution in [0.25, 0.3) is 22.5 Å². The molecule has 0 fully saturated rings. The molecule has 2 heterocycles. The number of imidazole rings is 1. The number of hydrogen-bond donors (Lipinski definition) is 1. The molecule has 0 aliphatic heterocycles. The summed E-state index contributed by atoms with van der Waals surface area (Å²) in [5.74, 6) is 0.507. The van der Waals surface area contributed by atoms with Gasteiger partial charge in [0.25, 0.3) is 0 Å². The molecule has 0 spiro atoms. The van der Waals surface area contributed by atoms with Gasteiger partial charge in [-0.3, -0.25) is 4.79 Å². The molecule has 0 atom stereocenters. The molecule has 2 aromatic heterocycles. The third-order valence-electron chi connectivity index (χ3n) is 6.92. The predicted molar refractivity (Wildman–Crippen MR) is 150 cm³/mol. The van der Waals surface area contributed by atoms with E-state index in [9.17, 15) is 4.79 Å². The lowest BCUT2D eigenvalue weighted by Gasteiger charge is -2.22. The number of hydrogen-bond acceptors (Lipinski definition) is 4. The summed E-state index contributed by atoms with van der Waals surface area (Å²) in [6.45, 7) is 7.64. The smallest absolute Gasteiger partial charge is 0.227 e. The number of carbonyl (C=O) groups excluding carboxylic acids is 1. The summed E-state index contributed by atoms with van der Waals surface area (Å²) < 4.78 is 3.94. The summed E-state index contributed by atoms with van der Waals surface area (Å²) in [6.07, 6.45) is 4.44. The van der Waals surface area contributed by atoms with Crippen molar-refractivity contribution in [2.24, 2.45) is 5.73 Å². The Hall–Kier alpha value is -4.23. The molecular weight excluding hydrogens is 496 g/mol. The van der Waals surface area contributed by atoms with Gasteiger partial charge in [-0.1, -0.05) is 59.3 Å². The summed E-state index contributed by atoms with van der Waals surface area (Å²) in [7, 11) is 0. The molecule has 38 heavy (non-hydrogen) atoms. The van der Waals surface area contributed by atoms with Crippen molar-refractivity contribution in [3.05, 3.63) is 112 Å². The maximum absolute atomic E-state index is 12.1. The molecule has 2 N–H and O–H groups in total. The predicted octanol–water partition coefficient (Wildman–Crippen LogP) is 5.74. The molecule has 1 amide bonds. The van der Waals surface area contributed by atoms with Crippen molar-refractivity contribution in [3.8, 4) is 22.5 Å². The molecule has 7 nitrogen and oxygen atoms in total. The highest BCUT2D eigenvalue weighted by Gasteiger charge is 2.27. The molecule has 0 unspecified atom stereocenters. The van der Waals surface area contributed by atoms with Crippen molar-refractivity contribution in [2.75, 3.05) is 0 Å². The third kappa shape index (κ3) is 4.85. The molecule has 5 rings (SSSR count). The lowest BCUT2D eigenvalue weighted by molar-refractivity contribution is -0.122. The van der Waals surface area contributed by atoms with E-state index < -0.39 is 5.41 Å². The number of nitrogens with zero attached hydrogens (tertiary/aromatic N) is 5. The van der Waals surface area contributed by atoms with E-state index in [4.69, 9.17) is 17.3 Å². The quantitative estimate of drug-likeness (QED) is 0.293. The first-order valence-electron chi connectivity index (χ1n) is 12.4. The molecule has 192 valence electrons. The van der Waals surface area contributed by atoms with Crippen LogP contribution in [-0.2, 0) is 16.6 Å². The van der Waals surface area contributed by atoms with Crippen molar-refractivity contribution < 1.29 is 4.79 Å². The molecule has 8 heteroatoms. The average Bonchev–Trinajstić information content (AvgIpc) is 3.50. The highest BCUT2D eigenvalue weighted by atomic mass is 35.5. The van der Waals surface area contributed by atoms with Crippen molar-refractivity contribution in [2.45, 2.75) is 39.5 Å². The monoisotopic (exact) mass is 524 g/mol. The fourth-order valence-electron chi connectivity index (χ4n) is 4.56. The van der Waals surface area contributed by atoms with Crippen LogP contribution in [0.15, 0.2) is 79.1 Å². The van der Waals surface area contributed by atoms with Crippen LogP contribution in [0.3, 0.4) is 0 Å². The van der Waals surface area contributed by atoms with Crippen LogP contribution in [0.4, 0.5) is 0 Å². The van der Waals surface area contributed by atoms with E-state index in [0.717, 1.165) is 50.8 Å². The number of carbonyl (C=O) groups is 1. The van der Waals surface area contributed by atoms with Gasteiger partial charge in [0.2, 0.25) is 5.91 Å². The molecule has 5 aromatic rings. The number of rotatable bonds is 7. The van der Waals surface area contributed by atoms with Gasteiger partial charge in [0.05, 0.1) is 34.4 Å². The Balaban J connectivity index is 1.65. The maximum Gasteiger partial charge on any atom is 0.227 e. The van der Waals surface area contributed by atoms with Crippen LogP contribution in [-0.4, -0.2) is 30.5 Å². The van der Waals surface area contributed by atoms with Crippen LogP contribution in [0.2, 0.25) is 5.02 Å². The summed E-state index contributed by atoms with van der Waals surface area (Å²) in [6, 6.07) is 22.0. The number of aryl methyl sites for hydroxylation is 2. The normalized spacial score (nSPS) is 11.6. The maximum atomic E-state index is 12.1. The zero-order chi connectivity index (χ0) is 27.0. The van der Waals surface area contributed by atoms with E-state index in [1.54, 1.807) is 6.20 Å². The number of primary amides is 1. The Morgan fingerprint density at radius 3 is 2.39 bits per heavy atom. The highest BCUT2D eigenvalue weighted by Crippen LogP contribution is 2.32. The lowest BCUT2D eigenvalue weighted by Crippen LogP contribution is -2.35. The standard InChI is InChI=1S/C30H29ClN6O/c1-19-18-36(20(2)34-19)27-13-10-23(22-6-5-7-24(15-22)30(3,4)29(32)38)16-28(27)37-26(17-33-35-37)14-21-8-11-25(31)12-9-21/h5-13,15-18H,14H2,1-4H3,(H2,32,38). The van der Waals surface area contributed by atoms with Gasteiger partial charge in [-0.25, -0.2) is 9.67 Å². The van der Waals surface area contributed by atoms with Gasteiger partial charge in [-0.2, -0.15) is 0 Å². The fourth-order valence-corrected chi connectivity index (χ4v) is 4.69. The zero-order valence-electron chi connectivity index (χ0n) is 21.8. The van der Waals surface area contributed by atoms with Crippen molar-refractivity contribution >= 4 is 17.5 Å². The molecule has 3 aromatic carbocycles. The zero-order valence-corrected chi connectivity index (χ0v) is 22.6. The number of nitrogens with two attached hydrogens (primary N) is 1. The van der Waals surface area contributed by atoms with Gasteiger partial charge in [-0.15, -0.1) is 5.10 Å². The Kier molecular flexibility index (Phi) is 6.63.